The molecule has 3 aliphatic heterocycles. The highest BCUT2D eigenvalue weighted by Crippen LogP contribution is 2.39. The molecule has 31 heavy (non-hydrogen) atoms. The Bertz CT molecular complexity index is 677. The molecule has 2 aliphatic carbocycles. The number of carbonyl (C=O) groups excluding carboxylic acids is 2. The summed E-state index contributed by atoms with van der Waals surface area (Å²) in [7, 11) is 0. The minimum atomic E-state index is -0.766. The molecule has 2 saturated carbocycles. The van der Waals surface area contributed by atoms with Crippen molar-refractivity contribution >= 4 is 11.8 Å². The van der Waals surface area contributed by atoms with E-state index in [9.17, 15) is 14.0 Å². The van der Waals surface area contributed by atoms with Crippen LogP contribution in [0.3, 0.4) is 0 Å². The highest BCUT2D eigenvalue weighted by atomic mass is 19.1. The van der Waals surface area contributed by atoms with Gasteiger partial charge in [-0.3, -0.25) is 9.59 Å². The van der Waals surface area contributed by atoms with Gasteiger partial charge >= 0.3 is 0 Å². The largest absolute Gasteiger partial charge is 0.352 e. The average molecular weight is 435 g/mol. The normalized spacial score (nSPS) is 42.9. The van der Waals surface area contributed by atoms with Gasteiger partial charge in [-0.15, -0.1) is 0 Å². The van der Waals surface area contributed by atoms with Gasteiger partial charge in [0.1, 0.15) is 6.17 Å². The minimum Gasteiger partial charge on any atom is -0.352 e. The van der Waals surface area contributed by atoms with Crippen molar-refractivity contribution in [2.45, 2.75) is 113 Å². The third-order valence-electron chi connectivity index (χ3n) is 9.15. The summed E-state index contributed by atoms with van der Waals surface area (Å²) in [5, 5.41) is 10.0. The number of alkyl halides is 1. The van der Waals surface area contributed by atoms with Crippen LogP contribution in [-0.4, -0.2) is 65.7 Å². The summed E-state index contributed by atoms with van der Waals surface area (Å²) in [6.45, 7) is 4.26. The van der Waals surface area contributed by atoms with Gasteiger partial charge < -0.3 is 20.9 Å². The molecule has 0 aromatic carbocycles. The number of halogens is 1. The lowest BCUT2D eigenvalue weighted by molar-refractivity contribution is -0.124. The van der Waals surface area contributed by atoms with E-state index in [-0.39, 0.29) is 41.4 Å². The Morgan fingerprint density at radius 2 is 1.94 bits per heavy atom. The van der Waals surface area contributed by atoms with Crippen LogP contribution in [0.1, 0.15) is 77.6 Å². The summed E-state index contributed by atoms with van der Waals surface area (Å²) in [5.74, 6) is 0.727. The first-order chi connectivity index (χ1) is 14.9. The molecule has 0 bridgehead atoms. The van der Waals surface area contributed by atoms with Gasteiger partial charge in [0.05, 0.1) is 6.04 Å². The summed E-state index contributed by atoms with van der Waals surface area (Å²) >= 11 is 0. The van der Waals surface area contributed by atoms with Gasteiger partial charge in [0, 0.05) is 49.1 Å². The number of amides is 2. The lowest BCUT2D eigenvalue weighted by Crippen LogP contribution is -2.55. The second-order valence-electron chi connectivity index (χ2n) is 11.1. The van der Waals surface area contributed by atoms with E-state index in [4.69, 9.17) is 0 Å². The molecule has 0 aromatic heterocycles. The van der Waals surface area contributed by atoms with E-state index in [1.807, 2.05) is 0 Å². The molecular weight excluding hydrogens is 395 g/mol. The zero-order valence-corrected chi connectivity index (χ0v) is 18.9. The van der Waals surface area contributed by atoms with E-state index in [0.29, 0.717) is 31.2 Å². The molecule has 6 nitrogen and oxygen atoms in total. The predicted octanol–water partition coefficient (Wildman–Crippen LogP) is 2.27. The summed E-state index contributed by atoms with van der Waals surface area (Å²) in [6, 6.07) is 0.643. The Labute approximate surface area is 185 Å². The summed E-state index contributed by atoms with van der Waals surface area (Å²) < 4.78 is 14.4. The zero-order chi connectivity index (χ0) is 21.6. The number of piperidine rings is 1. The molecule has 3 heterocycles. The smallest absolute Gasteiger partial charge is 0.237 e. The van der Waals surface area contributed by atoms with Gasteiger partial charge in [0.25, 0.3) is 0 Å². The van der Waals surface area contributed by atoms with Crippen molar-refractivity contribution in [2.75, 3.05) is 13.1 Å². The molecule has 5 rings (SSSR count). The molecule has 7 heteroatoms. The van der Waals surface area contributed by atoms with E-state index >= 15 is 0 Å². The first kappa shape index (κ1) is 21.6. The van der Waals surface area contributed by atoms with Crippen LogP contribution in [0.2, 0.25) is 0 Å². The topological polar surface area (TPSA) is 73.5 Å². The Morgan fingerprint density at radius 1 is 1.13 bits per heavy atom. The fourth-order valence-corrected chi connectivity index (χ4v) is 7.19. The first-order valence-electron chi connectivity index (χ1n) is 12.7. The van der Waals surface area contributed by atoms with E-state index in [1.165, 1.54) is 6.42 Å². The van der Waals surface area contributed by atoms with Gasteiger partial charge in [0.2, 0.25) is 11.8 Å². The first-order valence-corrected chi connectivity index (χ1v) is 12.7. The van der Waals surface area contributed by atoms with Crippen LogP contribution in [0, 0.1) is 11.8 Å². The molecule has 7 atom stereocenters. The van der Waals surface area contributed by atoms with Crippen LogP contribution < -0.4 is 16.0 Å². The molecule has 6 unspecified atom stereocenters. The molecule has 5 fully saturated rings. The summed E-state index contributed by atoms with van der Waals surface area (Å²) in [4.78, 5) is 27.3. The Morgan fingerprint density at radius 3 is 2.65 bits per heavy atom. The number of rotatable bonds is 3. The van der Waals surface area contributed by atoms with Crippen molar-refractivity contribution in [1.29, 1.82) is 0 Å². The predicted molar refractivity (Wildman–Crippen MR) is 117 cm³/mol. The van der Waals surface area contributed by atoms with Crippen LogP contribution in [0.5, 0.6) is 0 Å². The van der Waals surface area contributed by atoms with Crippen LogP contribution >= 0.6 is 0 Å². The Balaban J connectivity index is 1.12. The van der Waals surface area contributed by atoms with Crippen LogP contribution in [-0.2, 0) is 9.59 Å². The van der Waals surface area contributed by atoms with E-state index < -0.39 is 6.17 Å². The Kier molecular flexibility index (Phi) is 6.01. The zero-order valence-electron chi connectivity index (χ0n) is 18.9. The fourth-order valence-electron chi connectivity index (χ4n) is 7.19. The van der Waals surface area contributed by atoms with Gasteiger partial charge in [-0.2, -0.15) is 0 Å². The highest BCUT2D eigenvalue weighted by molar-refractivity contribution is 5.82. The van der Waals surface area contributed by atoms with Crippen molar-refractivity contribution < 1.29 is 14.0 Å². The number of nitrogens with one attached hydrogen (secondary N) is 3. The number of fused-ring (bicyclic) bond motifs is 1. The molecule has 3 N–H and O–H groups in total. The maximum absolute atomic E-state index is 14.4. The standard InChI is InChI=1S/C24H39FN4O2/c1-15-5-6-19(25)18-14-20(27-22(15)18)23(31)26-16-3-2-4-17(13-16)29-11-9-24(10-12-29)8-7-21(30)28-24/h15-20,22,27H,2-14H2,1H3,(H,26,31)(H,28,30)/t15?,16-,17?,18?,19?,20?,22?/m1/s1. The number of hydrogen-bond acceptors (Lipinski definition) is 4. The lowest BCUT2D eigenvalue weighted by atomic mass is 9.77. The number of carbonyl (C=O) groups is 2. The second kappa shape index (κ2) is 8.62. The maximum Gasteiger partial charge on any atom is 0.237 e. The van der Waals surface area contributed by atoms with E-state index in [1.54, 1.807) is 0 Å². The molecule has 0 aromatic rings. The van der Waals surface area contributed by atoms with Gasteiger partial charge in [-0.05, 0) is 70.1 Å². The van der Waals surface area contributed by atoms with Crippen molar-refractivity contribution in [3.05, 3.63) is 0 Å². The van der Waals surface area contributed by atoms with Crippen LogP contribution in [0.4, 0.5) is 4.39 Å². The van der Waals surface area contributed by atoms with Gasteiger partial charge in [0.15, 0.2) is 0 Å². The van der Waals surface area contributed by atoms with Gasteiger partial charge in [-0.1, -0.05) is 6.92 Å². The molecule has 0 radical (unpaired) electrons. The van der Waals surface area contributed by atoms with Crippen molar-refractivity contribution in [3.8, 4) is 0 Å². The molecule has 2 amide bonds. The average Bonchev–Trinajstić information content (AvgIpc) is 3.37. The van der Waals surface area contributed by atoms with Crippen molar-refractivity contribution in [2.24, 2.45) is 11.8 Å². The maximum atomic E-state index is 14.4. The molecule has 1 spiro atoms. The molecule has 174 valence electrons. The molecule has 5 aliphatic rings. The number of nitrogens with zero attached hydrogens (tertiary/aromatic N) is 1. The highest BCUT2D eigenvalue weighted by Gasteiger charge is 2.47. The Hall–Kier alpha value is -1.21. The third-order valence-corrected chi connectivity index (χ3v) is 9.15. The van der Waals surface area contributed by atoms with Crippen LogP contribution in [0.15, 0.2) is 0 Å². The second-order valence-corrected chi connectivity index (χ2v) is 11.1. The van der Waals surface area contributed by atoms with Gasteiger partial charge in [-0.25, -0.2) is 4.39 Å². The summed E-state index contributed by atoms with van der Waals surface area (Å²) in [6.07, 6.45) is 9.56. The van der Waals surface area contributed by atoms with E-state index in [0.717, 1.165) is 58.0 Å². The van der Waals surface area contributed by atoms with Crippen LogP contribution in [0.25, 0.3) is 0 Å². The monoisotopic (exact) mass is 434 g/mol. The lowest BCUT2D eigenvalue weighted by Gasteiger charge is -2.45. The quantitative estimate of drug-likeness (QED) is 0.637. The van der Waals surface area contributed by atoms with Crippen molar-refractivity contribution in [1.82, 2.24) is 20.9 Å². The summed E-state index contributed by atoms with van der Waals surface area (Å²) in [5.41, 5.74) is 0.0478. The third kappa shape index (κ3) is 4.37. The number of hydrogen-bond donors (Lipinski definition) is 3. The van der Waals surface area contributed by atoms with E-state index in [2.05, 4.69) is 27.8 Å². The minimum absolute atomic E-state index is 0.00430. The molecule has 3 saturated heterocycles. The fraction of sp³-hybridized carbons (Fsp3) is 0.917. The molecular formula is C24H39FN4O2. The van der Waals surface area contributed by atoms with Crippen molar-refractivity contribution in [3.63, 3.8) is 0 Å². The SMILES string of the molecule is CC1CCC(F)C2CC(C(=O)N[C@@H]3CCCC(N4CCC5(CCC(=O)N5)CC4)C3)NC12. The number of likely N-dealkylation sites (tertiary alicyclic amines) is 1.